The minimum absolute atomic E-state index is 0.0668. The summed E-state index contributed by atoms with van der Waals surface area (Å²) < 4.78 is 45.9. The van der Waals surface area contributed by atoms with Gasteiger partial charge in [-0.3, -0.25) is 28.9 Å². The van der Waals surface area contributed by atoms with Crippen molar-refractivity contribution in [2.45, 2.75) is 103 Å². The van der Waals surface area contributed by atoms with Crippen LogP contribution >= 0.6 is 0 Å². The molecule has 16 heteroatoms. The van der Waals surface area contributed by atoms with E-state index in [1.165, 1.54) is 44.7 Å². The standard InChI is InChI=1S/C43H52N2O14/c1-10-15-33(59-43(51)45(8)39(25(2)3)42(50)44(7)29-16-12-11-13-17-29)31-20-21-34(32-22-30(56-40(31)32)18-14-19-37(49)52-9)57-38-23-35(54-27(5)47)41(55-28(6)48)36(58-38)24-53-26(4)46/h1,11-13,16-17,20-22,25,33,35-36,38-39,41H,14-15,18-19,23-24H2,2-9H3/t33?,35?,36?,38-,39?,41-/m1/s1. The predicted molar refractivity (Wildman–Crippen MR) is 212 cm³/mol. The average Bonchev–Trinajstić information content (AvgIpc) is 3.62. The van der Waals surface area contributed by atoms with Gasteiger partial charge in [0.2, 0.25) is 12.2 Å². The van der Waals surface area contributed by atoms with Gasteiger partial charge in [0, 0.05) is 59.0 Å². The zero-order valence-corrected chi connectivity index (χ0v) is 34.6. The van der Waals surface area contributed by atoms with Crippen molar-refractivity contribution in [1.29, 1.82) is 0 Å². The molecule has 1 aromatic heterocycles. The van der Waals surface area contributed by atoms with E-state index in [2.05, 4.69) is 5.92 Å². The molecule has 0 spiro atoms. The number of methoxy groups -OCH3 is 1. The molecule has 2 aromatic carbocycles. The van der Waals surface area contributed by atoms with E-state index in [-0.39, 0.29) is 49.0 Å². The van der Waals surface area contributed by atoms with Crippen LogP contribution in [0.3, 0.4) is 0 Å². The van der Waals surface area contributed by atoms with E-state index in [9.17, 15) is 28.8 Å². The maximum Gasteiger partial charge on any atom is 0.410 e. The van der Waals surface area contributed by atoms with Crippen LogP contribution in [0.4, 0.5) is 10.5 Å². The predicted octanol–water partition coefficient (Wildman–Crippen LogP) is 5.67. The van der Waals surface area contributed by atoms with Gasteiger partial charge in [0.1, 0.15) is 48.1 Å². The summed E-state index contributed by atoms with van der Waals surface area (Å²) in [5.41, 5.74) is 1.31. The number of ether oxygens (including phenoxy) is 7. The van der Waals surface area contributed by atoms with Gasteiger partial charge in [0.15, 0.2) is 6.10 Å². The van der Waals surface area contributed by atoms with E-state index in [1.807, 2.05) is 32.0 Å². The van der Waals surface area contributed by atoms with Crippen molar-refractivity contribution in [3.05, 3.63) is 59.9 Å². The third-order valence-electron chi connectivity index (χ3n) is 9.53. The van der Waals surface area contributed by atoms with E-state index in [0.717, 1.165) is 0 Å². The molecule has 6 atom stereocenters. The molecule has 59 heavy (non-hydrogen) atoms. The van der Waals surface area contributed by atoms with Crippen LogP contribution in [-0.4, -0.2) is 99.2 Å². The number of carbonyl (C=O) groups is 6. The van der Waals surface area contributed by atoms with Gasteiger partial charge in [-0.25, -0.2) is 4.79 Å². The number of esters is 4. The molecule has 1 aliphatic heterocycles. The Hall–Kier alpha value is -6.08. The first kappa shape index (κ1) is 45.6. The number of anilines is 1. The zero-order valence-electron chi connectivity index (χ0n) is 34.6. The van der Waals surface area contributed by atoms with Crippen LogP contribution in [-0.2, 0) is 58.8 Å². The van der Waals surface area contributed by atoms with Gasteiger partial charge >= 0.3 is 30.0 Å². The molecule has 318 valence electrons. The number of carbonyl (C=O) groups excluding carboxylic acids is 6. The van der Waals surface area contributed by atoms with E-state index in [0.29, 0.717) is 35.2 Å². The molecule has 0 aliphatic carbocycles. The second kappa shape index (κ2) is 21.1. The summed E-state index contributed by atoms with van der Waals surface area (Å²) in [6, 6.07) is 13.1. The highest BCUT2D eigenvalue weighted by atomic mass is 16.7. The molecular formula is C43H52N2O14. The number of terminal acetylenes is 1. The van der Waals surface area contributed by atoms with Gasteiger partial charge in [0.05, 0.1) is 25.3 Å². The van der Waals surface area contributed by atoms with Crippen LogP contribution in [0.25, 0.3) is 11.0 Å². The SMILES string of the molecule is C#CCC(OC(=O)N(C)C(C(=O)N(C)c1ccccc1)C(C)C)c1ccc(O[C@H]2CC(OC(C)=O)[C@@H](OC(C)=O)C(COC(C)=O)O2)c2cc(CCCC(=O)OC)oc12. The van der Waals surface area contributed by atoms with Crippen molar-refractivity contribution in [3.63, 3.8) is 0 Å². The highest BCUT2D eigenvalue weighted by Gasteiger charge is 2.45. The number of fused-ring (bicyclic) bond motifs is 1. The van der Waals surface area contributed by atoms with Crippen LogP contribution in [0.1, 0.15) is 77.7 Å². The summed E-state index contributed by atoms with van der Waals surface area (Å²) in [6.45, 7) is 6.91. The smallest absolute Gasteiger partial charge is 0.410 e. The third-order valence-corrected chi connectivity index (χ3v) is 9.53. The molecule has 16 nitrogen and oxygen atoms in total. The molecule has 0 saturated carbocycles. The number of hydrogen-bond acceptors (Lipinski definition) is 14. The largest absolute Gasteiger partial charge is 0.469 e. The van der Waals surface area contributed by atoms with Crippen LogP contribution in [0.2, 0.25) is 0 Å². The second-order valence-electron chi connectivity index (χ2n) is 14.3. The molecular weight excluding hydrogens is 768 g/mol. The number of aryl methyl sites for hydroxylation is 1. The van der Waals surface area contributed by atoms with E-state index in [4.69, 9.17) is 44.0 Å². The van der Waals surface area contributed by atoms with E-state index in [1.54, 1.807) is 37.4 Å². The maximum absolute atomic E-state index is 13.9. The summed E-state index contributed by atoms with van der Waals surface area (Å²) in [6.07, 6.45) is 0.293. The zero-order chi connectivity index (χ0) is 43.4. The number of hydrogen-bond donors (Lipinski definition) is 0. The fraction of sp³-hybridized carbons (Fsp3) is 0.488. The van der Waals surface area contributed by atoms with Crippen molar-refractivity contribution >= 4 is 52.5 Å². The Kier molecular flexibility index (Phi) is 16.3. The van der Waals surface area contributed by atoms with Crippen molar-refractivity contribution < 1.29 is 66.3 Å². The fourth-order valence-corrected chi connectivity index (χ4v) is 6.79. The lowest BCUT2D eigenvalue weighted by Gasteiger charge is -2.39. The lowest BCUT2D eigenvalue weighted by atomic mass is 10.0. The number of rotatable bonds is 17. The Morgan fingerprint density at radius 3 is 2.25 bits per heavy atom. The van der Waals surface area contributed by atoms with Crippen molar-refractivity contribution in [2.24, 2.45) is 5.92 Å². The molecule has 0 bridgehead atoms. The van der Waals surface area contributed by atoms with Gasteiger partial charge < -0.3 is 42.5 Å². The highest BCUT2D eigenvalue weighted by Crippen LogP contribution is 2.39. The van der Waals surface area contributed by atoms with Crippen molar-refractivity contribution in [1.82, 2.24) is 4.90 Å². The summed E-state index contributed by atoms with van der Waals surface area (Å²) in [5.74, 6) is 0.333. The van der Waals surface area contributed by atoms with Gasteiger partial charge in [0.25, 0.3) is 0 Å². The first-order valence-electron chi connectivity index (χ1n) is 19.2. The fourth-order valence-electron chi connectivity index (χ4n) is 6.79. The van der Waals surface area contributed by atoms with E-state index < -0.39 is 66.7 Å². The number of amides is 2. The lowest BCUT2D eigenvalue weighted by Crippen LogP contribution is -2.54. The normalized spacial score (nSPS) is 18.4. The van der Waals surface area contributed by atoms with Crippen LogP contribution in [0.15, 0.2) is 52.9 Å². The molecule has 4 unspecified atom stereocenters. The van der Waals surface area contributed by atoms with Gasteiger partial charge in [-0.1, -0.05) is 32.0 Å². The molecule has 3 aromatic rings. The number of para-hydroxylation sites is 1. The monoisotopic (exact) mass is 820 g/mol. The molecule has 2 amide bonds. The second-order valence-corrected chi connectivity index (χ2v) is 14.3. The summed E-state index contributed by atoms with van der Waals surface area (Å²) in [4.78, 5) is 78.2. The Balaban J connectivity index is 1.70. The van der Waals surface area contributed by atoms with E-state index >= 15 is 0 Å². The maximum atomic E-state index is 13.9. The quantitative estimate of drug-likeness (QED) is 0.0921. The Bertz CT molecular complexity index is 2000. The number of furan rings is 1. The third kappa shape index (κ3) is 12.2. The van der Waals surface area contributed by atoms with Crippen LogP contribution < -0.4 is 9.64 Å². The molecule has 4 rings (SSSR count). The average molecular weight is 821 g/mol. The van der Waals surface area contributed by atoms with Crippen molar-refractivity contribution in [3.8, 4) is 18.1 Å². The van der Waals surface area contributed by atoms with Gasteiger partial charge in [-0.2, -0.15) is 0 Å². The van der Waals surface area contributed by atoms with Crippen LogP contribution in [0.5, 0.6) is 5.75 Å². The molecule has 1 saturated heterocycles. The topological polar surface area (TPSA) is 187 Å². The summed E-state index contributed by atoms with van der Waals surface area (Å²) >= 11 is 0. The molecule has 1 fully saturated rings. The number of nitrogens with zero attached hydrogens (tertiary/aromatic N) is 2. The number of likely N-dealkylation sites (N-methyl/N-ethyl adjacent to an activating group) is 2. The lowest BCUT2D eigenvalue weighted by molar-refractivity contribution is -0.245. The first-order valence-corrected chi connectivity index (χ1v) is 19.2. The Morgan fingerprint density at radius 2 is 1.64 bits per heavy atom. The number of benzene rings is 2. The molecule has 0 N–H and O–H groups in total. The molecule has 1 aliphatic rings. The van der Waals surface area contributed by atoms with Crippen molar-refractivity contribution in [2.75, 3.05) is 32.7 Å². The van der Waals surface area contributed by atoms with Crippen LogP contribution in [0, 0.1) is 18.3 Å². The van der Waals surface area contributed by atoms with Gasteiger partial charge in [-0.15, -0.1) is 12.3 Å². The molecule has 2 heterocycles. The Labute approximate surface area is 343 Å². The minimum Gasteiger partial charge on any atom is -0.469 e. The molecule has 0 radical (unpaired) electrons. The van der Waals surface area contributed by atoms with Gasteiger partial charge in [-0.05, 0) is 42.7 Å². The highest BCUT2D eigenvalue weighted by molar-refractivity contribution is 5.98. The summed E-state index contributed by atoms with van der Waals surface area (Å²) in [7, 11) is 4.43. The summed E-state index contributed by atoms with van der Waals surface area (Å²) in [5, 5.41) is 0.424. The first-order chi connectivity index (χ1) is 28.0. The Morgan fingerprint density at radius 1 is 0.949 bits per heavy atom. The minimum atomic E-state index is -1.12.